The third-order valence-electron chi connectivity index (χ3n) is 3.88. The molecule has 4 nitrogen and oxygen atoms in total. The minimum atomic E-state index is 0. The van der Waals surface area contributed by atoms with Gasteiger partial charge in [0.1, 0.15) is 0 Å². The van der Waals surface area contributed by atoms with Crippen molar-refractivity contribution >= 4 is 36.4 Å². The van der Waals surface area contributed by atoms with Gasteiger partial charge < -0.3 is 15.1 Å². The number of carbonyl (C=O) groups excluding carboxylic acids is 1. The maximum atomic E-state index is 12.2. The maximum Gasteiger partial charge on any atom is 0.253 e. The Kier molecular flexibility index (Phi) is 10.2. The van der Waals surface area contributed by atoms with Gasteiger partial charge in [0.15, 0.2) is 0 Å². The highest BCUT2D eigenvalue weighted by Gasteiger charge is 2.13. The summed E-state index contributed by atoms with van der Waals surface area (Å²) in [6.45, 7) is 3.81. The molecule has 1 amide bonds. The largest absolute Gasteiger partial charge is 0.372 e. The molecule has 1 aromatic rings. The van der Waals surface area contributed by atoms with Crippen LogP contribution in [0.4, 0.5) is 5.69 Å². The first kappa shape index (κ1) is 21.0. The van der Waals surface area contributed by atoms with Crippen LogP contribution >= 0.6 is 24.8 Å². The summed E-state index contributed by atoms with van der Waals surface area (Å²) >= 11 is 0. The average Bonchev–Trinajstić information content (AvgIpc) is 2.53. The first-order valence-electron chi connectivity index (χ1n) is 7.47. The highest BCUT2D eigenvalue weighted by molar-refractivity contribution is 5.94. The molecular weight excluding hydrogens is 321 g/mol. The van der Waals surface area contributed by atoms with E-state index < -0.39 is 0 Å². The van der Waals surface area contributed by atoms with Crippen molar-refractivity contribution in [2.24, 2.45) is 0 Å². The molecule has 1 heterocycles. The van der Waals surface area contributed by atoms with E-state index in [9.17, 15) is 4.79 Å². The van der Waals surface area contributed by atoms with E-state index >= 15 is 0 Å². The monoisotopic (exact) mass is 347 g/mol. The molecule has 0 bridgehead atoms. The van der Waals surface area contributed by atoms with E-state index in [0.29, 0.717) is 0 Å². The topological polar surface area (TPSA) is 35.6 Å². The van der Waals surface area contributed by atoms with E-state index in [0.717, 1.165) is 31.7 Å². The van der Waals surface area contributed by atoms with Crippen molar-refractivity contribution in [2.75, 3.05) is 45.2 Å². The van der Waals surface area contributed by atoms with Crippen LogP contribution in [0.1, 0.15) is 29.6 Å². The number of anilines is 1. The van der Waals surface area contributed by atoms with Crippen LogP contribution in [0.15, 0.2) is 24.3 Å². The Labute approximate surface area is 146 Å². The quantitative estimate of drug-likeness (QED) is 0.889. The molecule has 1 saturated heterocycles. The van der Waals surface area contributed by atoms with Gasteiger partial charge in [-0.3, -0.25) is 4.79 Å². The lowest BCUT2D eigenvalue weighted by molar-refractivity contribution is 0.0797. The summed E-state index contributed by atoms with van der Waals surface area (Å²) in [5, 5.41) is 3.06. The van der Waals surface area contributed by atoms with Crippen LogP contribution in [0.25, 0.3) is 0 Å². The van der Waals surface area contributed by atoms with E-state index in [1.165, 1.54) is 24.9 Å². The number of nitrogens with one attached hydrogen (secondary N) is 1. The molecule has 1 aromatic carbocycles. The van der Waals surface area contributed by atoms with Gasteiger partial charge in [-0.25, -0.2) is 0 Å². The normalized spacial score (nSPS) is 13.8. The Bertz CT molecular complexity index is 434. The molecule has 0 aromatic heterocycles. The molecular formula is C16H27Cl2N3O. The van der Waals surface area contributed by atoms with Crippen molar-refractivity contribution in [1.29, 1.82) is 0 Å². The summed E-state index contributed by atoms with van der Waals surface area (Å²) in [6.07, 6.45) is 3.88. The van der Waals surface area contributed by atoms with Crippen molar-refractivity contribution in [3.63, 3.8) is 0 Å². The number of benzene rings is 1. The summed E-state index contributed by atoms with van der Waals surface area (Å²) in [6, 6.07) is 8.04. The molecule has 2 rings (SSSR count). The predicted octanol–water partition coefficient (Wildman–Crippen LogP) is 2.81. The minimum absolute atomic E-state index is 0. The predicted molar refractivity (Wildman–Crippen MR) is 97.9 cm³/mol. The van der Waals surface area contributed by atoms with Gasteiger partial charge in [-0.1, -0.05) is 0 Å². The number of halogens is 2. The average molecular weight is 348 g/mol. The molecule has 22 heavy (non-hydrogen) atoms. The summed E-state index contributed by atoms with van der Waals surface area (Å²) in [7, 11) is 3.74. The number of hydrogen-bond acceptors (Lipinski definition) is 3. The van der Waals surface area contributed by atoms with E-state index in [1.807, 2.05) is 26.2 Å². The zero-order valence-corrected chi connectivity index (χ0v) is 15.0. The van der Waals surface area contributed by atoms with Crippen LogP contribution in [0, 0.1) is 0 Å². The molecule has 0 spiro atoms. The molecule has 0 aliphatic carbocycles. The summed E-state index contributed by atoms with van der Waals surface area (Å²) < 4.78 is 0. The number of likely N-dealkylation sites (N-methyl/N-ethyl adjacent to an activating group) is 2. The van der Waals surface area contributed by atoms with Crippen LogP contribution < -0.4 is 10.2 Å². The second-order valence-corrected chi connectivity index (χ2v) is 5.42. The Balaban J connectivity index is 0.00000220. The Morgan fingerprint density at radius 3 is 2.27 bits per heavy atom. The van der Waals surface area contributed by atoms with Crippen molar-refractivity contribution < 1.29 is 4.79 Å². The number of amides is 1. The molecule has 0 atom stereocenters. The van der Waals surface area contributed by atoms with Gasteiger partial charge in [0.25, 0.3) is 5.91 Å². The lowest BCUT2D eigenvalue weighted by atomic mass is 10.1. The number of rotatable bonds is 5. The first-order valence-corrected chi connectivity index (χ1v) is 7.47. The van der Waals surface area contributed by atoms with Crippen molar-refractivity contribution in [2.45, 2.75) is 19.3 Å². The molecule has 1 aliphatic rings. The summed E-state index contributed by atoms with van der Waals surface area (Å²) in [5.74, 6) is 0.0884. The van der Waals surface area contributed by atoms with E-state index in [2.05, 4.69) is 22.3 Å². The zero-order valence-electron chi connectivity index (χ0n) is 13.4. The lowest BCUT2D eigenvalue weighted by Crippen LogP contribution is -2.33. The second kappa shape index (κ2) is 10.7. The van der Waals surface area contributed by atoms with Crippen LogP contribution in [-0.2, 0) is 0 Å². The molecule has 6 heteroatoms. The Morgan fingerprint density at radius 1 is 1.14 bits per heavy atom. The van der Waals surface area contributed by atoms with E-state index in [-0.39, 0.29) is 30.7 Å². The van der Waals surface area contributed by atoms with Gasteiger partial charge in [0.05, 0.1) is 0 Å². The number of carbonyl (C=O) groups is 1. The van der Waals surface area contributed by atoms with Gasteiger partial charge in [-0.15, -0.1) is 24.8 Å². The fraction of sp³-hybridized carbons (Fsp3) is 0.562. The lowest BCUT2D eigenvalue weighted by Gasteiger charge is -2.29. The molecule has 0 radical (unpaired) electrons. The summed E-state index contributed by atoms with van der Waals surface area (Å²) in [4.78, 5) is 16.4. The van der Waals surface area contributed by atoms with Gasteiger partial charge in [-0.2, -0.15) is 0 Å². The molecule has 1 fully saturated rings. The van der Waals surface area contributed by atoms with Gasteiger partial charge in [-0.05, 0) is 50.6 Å². The third kappa shape index (κ3) is 5.67. The molecule has 1 N–H and O–H groups in total. The fourth-order valence-corrected chi connectivity index (χ4v) is 2.57. The second-order valence-electron chi connectivity index (χ2n) is 5.42. The molecule has 1 aliphatic heterocycles. The van der Waals surface area contributed by atoms with Crippen molar-refractivity contribution in [3.8, 4) is 0 Å². The van der Waals surface area contributed by atoms with Gasteiger partial charge >= 0.3 is 0 Å². The fourth-order valence-electron chi connectivity index (χ4n) is 2.57. The minimum Gasteiger partial charge on any atom is -0.372 e. The standard InChI is InChI=1S/C16H25N3O.2ClH/c1-17-10-13-18(2)16(20)14-6-8-15(9-7-14)19-11-4-3-5-12-19;;/h6-9,17H,3-5,10-13H2,1-2H3;2*1H. The SMILES string of the molecule is CNCCN(C)C(=O)c1ccc(N2CCCCC2)cc1.Cl.Cl. The van der Waals surface area contributed by atoms with Crippen molar-refractivity contribution in [3.05, 3.63) is 29.8 Å². The highest BCUT2D eigenvalue weighted by Crippen LogP contribution is 2.20. The highest BCUT2D eigenvalue weighted by atomic mass is 35.5. The third-order valence-corrected chi connectivity index (χ3v) is 3.88. The number of nitrogens with zero attached hydrogens (tertiary/aromatic N) is 2. The molecule has 0 saturated carbocycles. The van der Waals surface area contributed by atoms with Crippen LogP contribution in [0.5, 0.6) is 0 Å². The molecule has 126 valence electrons. The van der Waals surface area contributed by atoms with Gasteiger partial charge in [0.2, 0.25) is 0 Å². The van der Waals surface area contributed by atoms with E-state index in [4.69, 9.17) is 0 Å². The van der Waals surface area contributed by atoms with Crippen LogP contribution in [0.2, 0.25) is 0 Å². The van der Waals surface area contributed by atoms with E-state index in [1.54, 1.807) is 4.90 Å². The zero-order chi connectivity index (χ0) is 14.4. The maximum absolute atomic E-state index is 12.2. The van der Waals surface area contributed by atoms with Crippen LogP contribution in [0.3, 0.4) is 0 Å². The van der Waals surface area contributed by atoms with Crippen molar-refractivity contribution in [1.82, 2.24) is 10.2 Å². The Hall–Kier alpha value is -0.970. The smallest absolute Gasteiger partial charge is 0.253 e. The van der Waals surface area contributed by atoms with Gasteiger partial charge in [0, 0.05) is 44.5 Å². The number of hydrogen-bond donors (Lipinski definition) is 1. The number of piperidine rings is 1. The van der Waals surface area contributed by atoms with Crippen LogP contribution in [-0.4, -0.2) is 51.1 Å². The first-order chi connectivity index (χ1) is 9.72. The Morgan fingerprint density at radius 2 is 1.73 bits per heavy atom. The summed E-state index contributed by atoms with van der Waals surface area (Å²) in [5.41, 5.74) is 2.00. The molecule has 0 unspecified atom stereocenters.